The van der Waals surface area contributed by atoms with Gasteiger partial charge in [-0.25, -0.2) is 9.59 Å². The fraction of sp³-hybridized carbons (Fsp3) is 0.296. The van der Waals surface area contributed by atoms with Crippen LogP contribution in [0.4, 0.5) is 4.79 Å². The first-order valence-corrected chi connectivity index (χ1v) is 11.5. The van der Waals surface area contributed by atoms with E-state index in [9.17, 15) is 19.5 Å². The number of hydrogen-bond donors (Lipinski definition) is 3. The summed E-state index contributed by atoms with van der Waals surface area (Å²) in [5.74, 6) is -1.72. The topological polar surface area (TPSA) is 122 Å². The van der Waals surface area contributed by atoms with Crippen molar-refractivity contribution in [3.05, 3.63) is 72.3 Å². The van der Waals surface area contributed by atoms with Crippen LogP contribution in [-0.4, -0.2) is 46.8 Å². The standard InChI is InChI=1S/C27H31N3O5/c1-17(2)16-30(35-26(33)18(3)31)27(34)29-24(25(28)32)15-19-11-13-21(14-12-19)23-10-6-8-20-7-4-5-9-22(20)23/h4-14,17-18,24,31H,15-16H2,1-3H3,(H2,28,32)(H,29,34). The van der Waals surface area contributed by atoms with Crippen LogP contribution in [0.3, 0.4) is 0 Å². The number of urea groups is 1. The fourth-order valence-electron chi connectivity index (χ4n) is 3.66. The van der Waals surface area contributed by atoms with E-state index in [1.165, 1.54) is 6.92 Å². The molecule has 2 unspecified atom stereocenters. The smallest absolute Gasteiger partial charge is 0.360 e. The van der Waals surface area contributed by atoms with Gasteiger partial charge in [0.25, 0.3) is 0 Å². The van der Waals surface area contributed by atoms with Gasteiger partial charge in [0, 0.05) is 6.42 Å². The van der Waals surface area contributed by atoms with E-state index in [-0.39, 0.29) is 18.9 Å². The number of amides is 3. The Balaban J connectivity index is 1.74. The van der Waals surface area contributed by atoms with Crippen molar-refractivity contribution in [1.82, 2.24) is 10.4 Å². The second-order valence-electron chi connectivity index (χ2n) is 8.87. The number of carbonyl (C=O) groups excluding carboxylic acids is 3. The minimum absolute atomic E-state index is 0.0313. The number of fused-ring (bicyclic) bond motifs is 1. The number of aliphatic hydroxyl groups excluding tert-OH is 1. The summed E-state index contributed by atoms with van der Waals surface area (Å²) in [6, 6.07) is 20.2. The van der Waals surface area contributed by atoms with Crippen molar-refractivity contribution in [3.63, 3.8) is 0 Å². The van der Waals surface area contributed by atoms with Gasteiger partial charge in [0.15, 0.2) is 6.10 Å². The first kappa shape index (κ1) is 25.7. The molecule has 0 aromatic heterocycles. The van der Waals surface area contributed by atoms with Crippen molar-refractivity contribution in [1.29, 1.82) is 0 Å². The number of nitrogens with two attached hydrogens (primary N) is 1. The molecule has 35 heavy (non-hydrogen) atoms. The monoisotopic (exact) mass is 477 g/mol. The summed E-state index contributed by atoms with van der Waals surface area (Å²) in [7, 11) is 0. The summed E-state index contributed by atoms with van der Waals surface area (Å²) in [6.07, 6.45) is -1.24. The maximum Gasteiger partial charge on any atom is 0.360 e. The van der Waals surface area contributed by atoms with Crippen LogP contribution in [0.15, 0.2) is 66.7 Å². The Morgan fingerprint density at radius 3 is 2.26 bits per heavy atom. The number of nitrogens with zero attached hydrogens (tertiary/aromatic N) is 1. The van der Waals surface area contributed by atoms with Gasteiger partial charge in [-0.15, -0.1) is 0 Å². The van der Waals surface area contributed by atoms with Gasteiger partial charge < -0.3 is 21.0 Å². The summed E-state index contributed by atoms with van der Waals surface area (Å²) in [6.45, 7) is 4.98. The quantitative estimate of drug-likeness (QED) is 0.429. The number of rotatable bonds is 8. The lowest BCUT2D eigenvalue weighted by Gasteiger charge is -2.26. The van der Waals surface area contributed by atoms with E-state index >= 15 is 0 Å². The van der Waals surface area contributed by atoms with Crippen LogP contribution in [0.2, 0.25) is 0 Å². The molecule has 3 aromatic rings. The van der Waals surface area contributed by atoms with Crippen LogP contribution in [0.25, 0.3) is 21.9 Å². The summed E-state index contributed by atoms with van der Waals surface area (Å²) < 4.78 is 0. The molecule has 0 spiro atoms. The van der Waals surface area contributed by atoms with Crippen LogP contribution in [0, 0.1) is 5.92 Å². The first-order chi connectivity index (χ1) is 16.7. The molecule has 184 valence electrons. The summed E-state index contributed by atoms with van der Waals surface area (Å²) in [5, 5.41) is 15.0. The highest BCUT2D eigenvalue weighted by molar-refractivity contribution is 5.96. The van der Waals surface area contributed by atoms with Gasteiger partial charge >= 0.3 is 12.0 Å². The zero-order valence-corrected chi connectivity index (χ0v) is 20.1. The third kappa shape index (κ3) is 6.80. The third-order valence-corrected chi connectivity index (χ3v) is 5.43. The molecular weight excluding hydrogens is 446 g/mol. The number of primary amides is 1. The predicted molar refractivity (Wildman–Crippen MR) is 134 cm³/mol. The number of aliphatic hydroxyl groups is 1. The average molecular weight is 478 g/mol. The summed E-state index contributed by atoms with van der Waals surface area (Å²) >= 11 is 0. The zero-order valence-electron chi connectivity index (χ0n) is 20.1. The molecule has 0 aliphatic carbocycles. The second kappa shape index (κ2) is 11.5. The molecule has 0 heterocycles. The molecule has 0 aliphatic rings. The number of benzene rings is 3. The summed E-state index contributed by atoms with van der Waals surface area (Å²) in [5.41, 5.74) is 8.47. The normalized spacial score (nSPS) is 12.7. The number of hydroxylamine groups is 2. The van der Waals surface area contributed by atoms with E-state index in [1.54, 1.807) is 0 Å². The Hall–Kier alpha value is -3.91. The molecule has 0 fully saturated rings. The van der Waals surface area contributed by atoms with E-state index in [4.69, 9.17) is 10.6 Å². The average Bonchev–Trinajstić information content (AvgIpc) is 2.82. The molecular formula is C27H31N3O5. The molecule has 8 nitrogen and oxygen atoms in total. The Labute approximate surface area is 204 Å². The highest BCUT2D eigenvalue weighted by Crippen LogP contribution is 2.28. The largest absolute Gasteiger partial charge is 0.382 e. The Morgan fingerprint density at radius 1 is 0.971 bits per heavy atom. The summed E-state index contributed by atoms with van der Waals surface area (Å²) in [4.78, 5) is 41.6. The first-order valence-electron chi connectivity index (χ1n) is 11.5. The van der Waals surface area contributed by atoms with Crippen molar-refractivity contribution in [2.45, 2.75) is 39.3 Å². The molecule has 0 saturated heterocycles. The number of carbonyl (C=O) groups is 3. The van der Waals surface area contributed by atoms with Gasteiger partial charge in [-0.2, -0.15) is 5.06 Å². The third-order valence-electron chi connectivity index (χ3n) is 5.43. The van der Waals surface area contributed by atoms with Crippen molar-refractivity contribution in [3.8, 4) is 11.1 Å². The van der Waals surface area contributed by atoms with Crippen LogP contribution >= 0.6 is 0 Å². The van der Waals surface area contributed by atoms with Gasteiger partial charge in [-0.3, -0.25) is 4.79 Å². The molecule has 2 atom stereocenters. The molecule has 3 rings (SSSR count). The maximum absolute atomic E-state index is 12.8. The van der Waals surface area contributed by atoms with E-state index in [2.05, 4.69) is 29.6 Å². The molecule has 0 radical (unpaired) electrons. The molecule has 3 amide bonds. The molecule has 0 bridgehead atoms. The minimum atomic E-state index is -1.40. The van der Waals surface area contributed by atoms with E-state index in [0.717, 1.165) is 32.5 Å². The van der Waals surface area contributed by atoms with Crippen molar-refractivity contribution >= 4 is 28.7 Å². The molecule has 0 aliphatic heterocycles. The highest BCUT2D eigenvalue weighted by Gasteiger charge is 2.26. The van der Waals surface area contributed by atoms with Crippen molar-refractivity contribution in [2.75, 3.05) is 6.54 Å². The SMILES string of the molecule is CC(C)CN(OC(=O)C(C)O)C(=O)NC(Cc1ccc(-c2cccc3ccccc23)cc1)C(N)=O. The Kier molecular flexibility index (Phi) is 8.43. The Bertz CT molecular complexity index is 1190. The van der Waals surface area contributed by atoms with Gasteiger partial charge in [-0.05, 0) is 40.3 Å². The lowest BCUT2D eigenvalue weighted by molar-refractivity contribution is -0.187. The van der Waals surface area contributed by atoms with Crippen molar-refractivity contribution < 1.29 is 24.3 Å². The van der Waals surface area contributed by atoms with Crippen molar-refractivity contribution in [2.24, 2.45) is 11.7 Å². The second-order valence-corrected chi connectivity index (χ2v) is 8.87. The van der Waals surface area contributed by atoms with Crippen LogP contribution in [0.1, 0.15) is 26.3 Å². The van der Waals surface area contributed by atoms with Gasteiger partial charge in [0.05, 0.1) is 6.54 Å². The lowest BCUT2D eigenvalue weighted by Crippen LogP contribution is -2.52. The van der Waals surface area contributed by atoms with E-state index in [1.807, 2.05) is 56.3 Å². The van der Waals surface area contributed by atoms with Crippen LogP contribution < -0.4 is 11.1 Å². The van der Waals surface area contributed by atoms with Gasteiger partial charge in [0.2, 0.25) is 5.91 Å². The van der Waals surface area contributed by atoms with E-state index < -0.39 is 30.1 Å². The van der Waals surface area contributed by atoms with Crippen LogP contribution in [-0.2, 0) is 20.8 Å². The highest BCUT2D eigenvalue weighted by atomic mass is 16.7. The minimum Gasteiger partial charge on any atom is -0.382 e. The predicted octanol–water partition coefficient (Wildman–Crippen LogP) is 3.41. The maximum atomic E-state index is 12.8. The molecule has 4 N–H and O–H groups in total. The molecule has 0 saturated carbocycles. The van der Waals surface area contributed by atoms with Gasteiger partial charge in [-0.1, -0.05) is 80.6 Å². The molecule has 3 aromatic carbocycles. The zero-order chi connectivity index (χ0) is 25.5. The lowest BCUT2D eigenvalue weighted by atomic mass is 9.96. The number of hydrogen-bond acceptors (Lipinski definition) is 5. The molecule has 8 heteroatoms. The van der Waals surface area contributed by atoms with Crippen LogP contribution in [0.5, 0.6) is 0 Å². The number of nitrogens with one attached hydrogen (secondary N) is 1. The fourth-order valence-corrected chi connectivity index (χ4v) is 3.66. The Morgan fingerprint density at radius 2 is 1.63 bits per heavy atom. The van der Waals surface area contributed by atoms with Gasteiger partial charge in [0.1, 0.15) is 6.04 Å². The van der Waals surface area contributed by atoms with E-state index in [0.29, 0.717) is 0 Å².